The lowest BCUT2D eigenvalue weighted by Crippen LogP contribution is -2.12. The number of nitriles is 1. The van der Waals surface area contributed by atoms with Gasteiger partial charge in [0.25, 0.3) is 0 Å². The van der Waals surface area contributed by atoms with Gasteiger partial charge in [0, 0.05) is 5.92 Å². The van der Waals surface area contributed by atoms with Crippen LogP contribution in [0.1, 0.15) is 11.5 Å². The van der Waals surface area contributed by atoms with Gasteiger partial charge in [-0.15, -0.1) is 0 Å². The minimum absolute atomic E-state index is 0.136. The van der Waals surface area contributed by atoms with Crippen molar-refractivity contribution in [2.45, 2.75) is 5.92 Å². The van der Waals surface area contributed by atoms with E-state index in [-0.39, 0.29) is 19.3 Å². The summed E-state index contributed by atoms with van der Waals surface area (Å²) in [5.74, 6) is 0.0616. The molecule has 0 aliphatic carbocycles. The van der Waals surface area contributed by atoms with Crippen LogP contribution in [-0.2, 0) is 9.53 Å². The van der Waals surface area contributed by atoms with Gasteiger partial charge in [-0.3, -0.25) is 4.79 Å². The van der Waals surface area contributed by atoms with E-state index in [0.29, 0.717) is 17.2 Å². The van der Waals surface area contributed by atoms with E-state index in [2.05, 4.69) is 0 Å². The van der Waals surface area contributed by atoms with Crippen molar-refractivity contribution in [1.82, 2.24) is 0 Å². The molecular weight excluding hydrogens is 250 g/mol. The zero-order chi connectivity index (χ0) is 13.4. The molecule has 1 fully saturated rings. The van der Waals surface area contributed by atoms with Gasteiger partial charge in [0.2, 0.25) is 12.5 Å². The minimum Gasteiger partial charge on any atom is -0.493 e. The molecule has 0 saturated carbocycles. The minimum atomic E-state index is -0.787. The summed E-state index contributed by atoms with van der Waals surface area (Å²) in [5, 5.41) is 9.05. The van der Waals surface area contributed by atoms with Gasteiger partial charge in [-0.1, -0.05) is 0 Å². The first-order chi connectivity index (χ1) is 9.24. The maximum atomic E-state index is 11.4. The van der Waals surface area contributed by atoms with E-state index in [1.165, 1.54) is 7.11 Å². The fourth-order valence-corrected chi connectivity index (χ4v) is 2.32. The van der Waals surface area contributed by atoms with E-state index in [1.807, 2.05) is 6.07 Å². The standard InChI is InChI=1S/C13H11NO5/c1-16-10-2-7(3-11-12(10)19-6-18-11)9-5-17-13(15)8(9)4-14/h2-3,8-9H,5-6H2,1H3. The van der Waals surface area contributed by atoms with Crippen LogP contribution < -0.4 is 14.2 Å². The van der Waals surface area contributed by atoms with Gasteiger partial charge in [0.05, 0.1) is 13.2 Å². The maximum Gasteiger partial charge on any atom is 0.324 e. The van der Waals surface area contributed by atoms with Crippen LogP contribution in [0.15, 0.2) is 12.1 Å². The molecule has 2 aliphatic rings. The summed E-state index contributed by atoms with van der Waals surface area (Å²) in [6, 6.07) is 5.50. The van der Waals surface area contributed by atoms with Crippen molar-refractivity contribution in [3.63, 3.8) is 0 Å². The molecule has 0 aromatic heterocycles. The lowest BCUT2D eigenvalue weighted by molar-refractivity contribution is -0.139. The summed E-state index contributed by atoms with van der Waals surface area (Å²) in [7, 11) is 1.53. The molecule has 1 aromatic rings. The summed E-state index contributed by atoms with van der Waals surface area (Å²) < 4.78 is 20.8. The van der Waals surface area contributed by atoms with Crippen molar-refractivity contribution in [1.29, 1.82) is 5.26 Å². The number of methoxy groups -OCH3 is 1. The van der Waals surface area contributed by atoms with E-state index in [9.17, 15) is 4.79 Å². The molecule has 2 aliphatic heterocycles. The summed E-state index contributed by atoms with van der Waals surface area (Å²) in [4.78, 5) is 11.4. The number of esters is 1. The highest BCUT2D eigenvalue weighted by atomic mass is 16.7. The Kier molecular flexibility index (Phi) is 2.67. The van der Waals surface area contributed by atoms with Crippen molar-refractivity contribution >= 4 is 5.97 Å². The normalized spacial score (nSPS) is 23.9. The molecule has 2 heterocycles. The molecule has 6 heteroatoms. The van der Waals surface area contributed by atoms with Crippen molar-refractivity contribution < 1.29 is 23.7 Å². The third-order valence-electron chi connectivity index (χ3n) is 3.31. The number of rotatable bonds is 2. The molecule has 6 nitrogen and oxygen atoms in total. The van der Waals surface area contributed by atoms with Gasteiger partial charge in [-0.25, -0.2) is 0 Å². The van der Waals surface area contributed by atoms with Crippen LogP contribution in [-0.4, -0.2) is 26.5 Å². The Balaban J connectivity index is 2.02. The zero-order valence-corrected chi connectivity index (χ0v) is 10.2. The fourth-order valence-electron chi connectivity index (χ4n) is 2.32. The van der Waals surface area contributed by atoms with Crippen molar-refractivity contribution in [3.8, 4) is 23.3 Å². The third kappa shape index (κ3) is 1.74. The Morgan fingerprint density at radius 2 is 2.21 bits per heavy atom. The fraction of sp³-hybridized carbons (Fsp3) is 0.385. The lowest BCUT2D eigenvalue weighted by Gasteiger charge is -2.13. The van der Waals surface area contributed by atoms with Gasteiger partial charge in [0.15, 0.2) is 17.4 Å². The predicted octanol–water partition coefficient (Wildman–Crippen LogP) is 1.20. The summed E-state index contributed by atoms with van der Waals surface area (Å²) >= 11 is 0. The molecule has 2 atom stereocenters. The largest absolute Gasteiger partial charge is 0.493 e. The summed E-state index contributed by atoms with van der Waals surface area (Å²) in [6.45, 7) is 0.330. The van der Waals surface area contributed by atoms with Gasteiger partial charge >= 0.3 is 5.97 Å². The first kappa shape index (κ1) is 11.7. The van der Waals surface area contributed by atoms with E-state index >= 15 is 0 Å². The molecule has 0 N–H and O–H groups in total. The quantitative estimate of drug-likeness (QED) is 0.744. The van der Waals surface area contributed by atoms with Crippen molar-refractivity contribution in [2.75, 3.05) is 20.5 Å². The summed E-state index contributed by atoms with van der Waals surface area (Å²) in [6.07, 6.45) is 0. The highest BCUT2D eigenvalue weighted by Crippen LogP contribution is 2.45. The maximum absolute atomic E-state index is 11.4. The Morgan fingerprint density at radius 1 is 1.37 bits per heavy atom. The van der Waals surface area contributed by atoms with Crippen LogP contribution in [0.4, 0.5) is 0 Å². The van der Waals surface area contributed by atoms with Crippen molar-refractivity contribution in [2.24, 2.45) is 5.92 Å². The highest BCUT2D eigenvalue weighted by molar-refractivity contribution is 5.79. The first-order valence-corrected chi connectivity index (χ1v) is 5.78. The van der Waals surface area contributed by atoms with Crippen LogP contribution in [0.3, 0.4) is 0 Å². The van der Waals surface area contributed by atoms with Crippen LogP contribution in [0.5, 0.6) is 17.2 Å². The van der Waals surface area contributed by atoms with E-state index in [4.69, 9.17) is 24.2 Å². The third-order valence-corrected chi connectivity index (χ3v) is 3.31. The highest BCUT2D eigenvalue weighted by Gasteiger charge is 2.39. The molecule has 1 saturated heterocycles. The number of cyclic esters (lactones) is 1. The van der Waals surface area contributed by atoms with E-state index in [0.717, 1.165) is 5.56 Å². The monoisotopic (exact) mass is 261 g/mol. The second-order valence-electron chi connectivity index (χ2n) is 4.30. The number of fused-ring (bicyclic) bond motifs is 1. The number of hydrogen-bond acceptors (Lipinski definition) is 6. The lowest BCUT2D eigenvalue weighted by atomic mass is 9.89. The Hall–Kier alpha value is -2.42. The van der Waals surface area contributed by atoms with Gasteiger partial charge in [-0.05, 0) is 17.7 Å². The van der Waals surface area contributed by atoms with Gasteiger partial charge in [0.1, 0.15) is 6.61 Å². The predicted molar refractivity (Wildman–Crippen MR) is 61.9 cm³/mol. The van der Waals surface area contributed by atoms with E-state index in [1.54, 1.807) is 12.1 Å². The molecule has 1 aromatic carbocycles. The number of ether oxygens (including phenoxy) is 4. The number of carbonyl (C=O) groups excluding carboxylic acids is 1. The van der Waals surface area contributed by atoms with Gasteiger partial charge < -0.3 is 18.9 Å². The molecule has 0 radical (unpaired) electrons. The Morgan fingerprint density at radius 3 is 2.95 bits per heavy atom. The SMILES string of the molecule is COc1cc(C2COC(=O)C2C#N)cc2c1OCO2. The average Bonchev–Trinajstić information content (AvgIpc) is 3.03. The number of benzene rings is 1. The molecule has 19 heavy (non-hydrogen) atoms. The molecule has 3 rings (SSSR count). The number of carbonyl (C=O) groups is 1. The first-order valence-electron chi connectivity index (χ1n) is 5.78. The molecular formula is C13H11NO5. The van der Waals surface area contributed by atoms with E-state index < -0.39 is 11.9 Å². The van der Waals surface area contributed by atoms with Crippen LogP contribution in [0.2, 0.25) is 0 Å². The second-order valence-corrected chi connectivity index (χ2v) is 4.30. The topological polar surface area (TPSA) is 77.8 Å². The molecule has 0 amide bonds. The van der Waals surface area contributed by atoms with Gasteiger partial charge in [-0.2, -0.15) is 5.26 Å². The van der Waals surface area contributed by atoms with Crippen LogP contribution in [0, 0.1) is 17.2 Å². The summed E-state index contributed by atoms with van der Waals surface area (Å²) in [5.41, 5.74) is 0.776. The second kappa shape index (κ2) is 4.35. The average molecular weight is 261 g/mol. The smallest absolute Gasteiger partial charge is 0.324 e. The number of hydrogen-bond donors (Lipinski definition) is 0. The molecule has 0 bridgehead atoms. The number of nitrogens with zero attached hydrogens (tertiary/aromatic N) is 1. The van der Waals surface area contributed by atoms with Crippen LogP contribution in [0.25, 0.3) is 0 Å². The zero-order valence-electron chi connectivity index (χ0n) is 10.2. The van der Waals surface area contributed by atoms with Crippen molar-refractivity contribution in [3.05, 3.63) is 17.7 Å². The molecule has 98 valence electrons. The Labute approximate surface area is 109 Å². The Bertz CT molecular complexity index is 577. The molecule has 2 unspecified atom stereocenters. The van der Waals surface area contributed by atoms with Crippen LogP contribution >= 0.6 is 0 Å². The molecule has 0 spiro atoms.